The Morgan fingerprint density at radius 2 is 1.97 bits per heavy atom. The molecule has 0 bridgehead atoms. The van der Waals surface area contributed by atoms with E-state index in [1.165, 1.54) is 49.6 Å². The van der Waals surface area contributed by atoms with Crippen molar-refractivity contribution in [3.05, 3.63) is 54.3 Å². The average molecular weight is 422 g/mol. The molecule has 0 aromatic heterocycles. The summed E-state index contributed by atoms with van der Waals surface area (Å²) in [4.78, 5) is 12.4. The molecule has 7 nitrogen and oxygen atoms in total. The number of nitrogens with one attached hydrogen (secondary N) is 1. The molecule has 1 amide bonds. The maximum atomic E-state index is 14.4. The lowest BCUT2D eigenvalue weighted by molar-refractivity contribution is -0.120. The van der Waals surface area contributed by atoms with E-state index >= 15 is 0 Å². The van der Waals surface area contributed by atoms with E-state index in [1.54, 1.807) is 0 Å². The van der Waals surface area contributed by atoms with Crippen molar-refractivity contribution in [2.24, 2.45) is 0 Å². The highest BCUT2D eigenvalue weighted by Crippen LogP contribution is 2.27. The largest absolute Gasteiger partial charge is 0.497 e. The van der Waals surface area contributed by atoms with Crippen molar-refractivity contribution in [1.82, 2.24) is 5.32 Å². The normalized spacial score (nSPS) is 16.4. The van der Waals surface area contributed by atoms with Gasteiger partial charge in [0.2, 0.25) is 5.91 Å². The molecular formula is C20H23FN2O5S. The van der Waals surface area contributed by atoms with Crippen LogP contribution in [0.3, 0.4) is 0 Å². The van der Waals surface area contributed by atoms with Crippen molar-refractivity contribution in [2.45, 2.75) is 23.8 Å². The SMILES string of the molecule is COc1ccc(S(=O)(=O)N(CC(=O)NCC2CCCO2)c2ccccc2F)cc1. The van der Waals surface area contributed by atoms with Crippen molar-refractivity contribution < 1.29 is 27.1 Å². The number of benzene rings is 2. The molecule has 156 valence electrons. The molecule has 29 heavy (non-hydrogen) atoms. The van der Waals surface area contributed by atoms with Crippen LogP contribution in [0.15, 0.2) is 53.4 Å². The van der Waals surface area contributed by atoms with Gasteiger partial charge in [-0.2, -0.15) is 0 Å². The number of rotatable bonds is 8. The van der Waals surface area contributed by atoms with E-state index in [0.29, 0.717) is 12.4 Å². The second-order valence-electron chi connectivity index (χ2n) is 6.58. The first-order valence-electron chi connectivity index (χ1n) is 9.21. The summed E-state index contributed by atoms with van der Waals surface area (Å²) in [5.41, 5.74) is -0.199. The number of para-hydroxylation sites is 1. The second kappa shape index (κ2) is 9.23. The van der Waals surface area contributed by atoms with Crippen molar-refractivity contribution >= 4 is 21.6 Å². The molecule has 2 aromatic rings. The smallest absolute Gasteiger partial charge is 0.264 e. The lowest BCUT2D eigenvalue weighted by atomic mass is 10.2. The third kappa shape index (κ3) is 5.04. The first-order valence-corrected chi connectivity index (χ1v) is 10.7. The number of sulfonamides is 1. The molecule has 9 heteroatoms. The van der Waals surface area contributed by atoms with E-state index in [1.807, 2.05) is 0 Å². The molecule has 1 unspecified atom stereocenters. The van der Waals surface area contributed by atoms with Gasteiger partial charge < -0.3 is 14.8 Å². The molecular weight excluding hydrogens is 399 g/mol. The average Bonchev–Trinajstić information content (AvgIpc) is 3.25. The van der Waals surface area contributed by atoms with Gasteiger partial charge in [0.25, 0.3) is 10.0 Å². The van der Waals surface area contributed by atoms with E-state index in [0.717, 1.165) is 23.2 Å². The van der Waals surface area contributed by atoms with Crippen LogP contribution >= 0.6 is 0 Å². The second-order valence-corrected chi connectivity index (χ2v) is 8.44. The van der Waals surface area contributed by atoms with Crippen LogP contribution in [0.25, 0.3) is 0 Å². The monoisotopic (exact) mass is 422 g/mol. The molecule has 1 saturated heterocycles. The predicted octanol–water partition coefficient (Wildman–Crippen LogP) is 2.32. The molecule has 1 aliphatic heterocycles. The minimum Gasteiger partial charge on any atom is -0.497 e. The van der Waals surface area contributed by atoms with Crippen LogP contribution < -0.4 is 14.4 Å². The van der Waals surface area contributed by atoms with Gasteiger partial charge in [-0.25, -0.2) is 12.8 Å². The molecule has 0 radical (unpaired) electrons. The molecule has 2 aromatic carbocycles. The number of nitrogens with zero attached hydrogens (tertiary/aromatic N) is 1. The van der Waals surface area contributed by atoms with Crippen LogP contribution in [0.1, 0.15) is 12.8 Å². The quantitative estimate of drug-likeness (QED) is 0.706. The van der Waals surface area contributed by atoms with Gasteiger partial charge in [0.05, 0.1) is 23.8 Å². The summed E-state index contributed by atoms with van der Waals surface area (Å²) in [6, 6.07) is 11.1. The molecule has 1 N–H and O–H groups in total. The Kier molecular flexibility index (Phi) is 6.71. The van der Waals surface area contributed by atoms with Crippen LogP contribution in [0.2, 0.25) is 0 Å². The Labute approximate surface area is 169 Å². The molecule has 3 rings (SSSR count). The van der Waals surface area contributed by atoms with Gasteiger partial charge in [-0.05, 0) is 49.2 Å². The van der Waals surface area contributed by atoms with Crippen LogP contribution in [0, 0.1) is 5.82 Å². The topological polar surface area (TPSA) is 84.9 Å². The number of hydrogen-bond donors (Lipinski definition) is 1. The highest BCUT2D eigenvalue weighted by Gasteiger charge is 2.29. The zero-order chi connectivity index (χ0) is 20.9. The van der Waals surface area contributed by atoms with Crippen molar-refractivity contribution in [1.29, 1.82) is 0 Å². The van der Waals surface area contributed by atoms with Crippen molar-refractivity contribution in [2.75, 3.05) is 31.1 Å². The van der Waals surface area contributed by atoms with Gasteiger partial charge in [-0.1, -0.05) is 12.1 Å². The standard InChI is InChI=1S/C20H23FN2O5S/c1-27-15-8-10-17(11-9-15)29(25,26)23(19-7-3-2-6-18(19)21)14-20(24)22-13-16-5-4-12-28-16/h2-3,6-11,16H,4-5,12-14H2,1H3,(H,22,24). The molecule has 0 aliphatic carbocycles. The number of ether oxygens (including phenoxy) is 2. The molecule has 1 atom stereocenters. The minimum absolute atomic E-state index is 0.0755. The van der Waals surface area contributed by atoms with Gasteiger partial charge >= 0.3 is 0 Å². The number of carbonyl (C=O) groups excluding carboxylic acids is 1. The summed E-state index contributed by atoms with van der Waals surface area (Å²) < 4.78 is 52.1. The van der Waals surface area contributed by atoms with Gasteiger partial charge in [-0.15, -0.1) is 0 Å². The lowest BCUT2D eigenvalue weighted by Gasteiger charge is -2.24. The number of halogens is 1. The molecule has 0 saturated carbocycles. The Morgan fingerprint density at radius 1 is 1.24 bits per heavy atom. The van der Waals surface area contributed by atoms with E-state index < -0.39 is 28.3 Å². The van der Waals surface area contributed by atoms with E-state index in [9.17, 15) is 17.6 Å². The number of anilines is 1. The van der Waals surface area contributed by atoms with Gasteiger partial charge in [0.15, 0.2) is 0 Å². The summed E-state index contributed by atoms with van der Waals surface area (Å²) in [5, 5.41) is 2.67. The number of methoxy groups -OCH3 is 1. The summed E-state index contributed by atoms with van der Waals surface area (Å²) in [6.45, 7) is 0.377. The van der Waals surface area contributed by atoms with Gasteiger partial charge in [0.1, 0.15) is 18.1 Å². The fourth-order valence-corrected chi connectivity index (χ4v) is 4.48. The predicted molar refractivity (Wildman–Crippen MR) is 106 cm³/mol. The third-order valence-electron chi connectivity index (χ3n) is 4.61. The first-order chi connectivity index (χ1) is 13.9. The fourth-order valence-electron chi connectivity index (χ4n) is 3.05. The lowest BCUT2D eigenvalue weighted by Crippen LogP contribution is -2.43. The van der Waals surface area contributed by atoms with Crippen LogP contribution in [0.4, 0.5) is 10.1 Å². The number of amides is 1. The summed E-state index contributed by atoms with van der Waals surface area (Å²) >= 11 is 0. The van der Waals surface area contributed by atoms with E-state index in [-0.39, 0.29) is 23.2 Å². The van der Waals surface area contributed by atoms with Crippen LogP contribution in [-0.2, 0) is 19.6 Å². The highest BCUT2D eigenvalue weighted by atomic mass is 32.2. The van der Waals surface area contributed by atoms with E-state index in [4.69, 9.17) is 9.47 Å². The Hall–Kier alpha value is -2.65. The summed E-state index contributed by atoms with van der Waals surface area (Å²) in [7, 11) is -2.72. The Balaban J connectivity index is 1.86. The summed E-state index contributed by atoms with van der Waals surface area (Å²) in [5.74, 6) is -0.798. The molecule has 1 aliphatic rings. The van der Waals surface area contributed by atoms with Crippen LogP contribution in [-0.4, -0.2) is 47.2 Å². The van der Waals surface area contributed by atoms with Gasteiger partial charge in [-0.3, -0.25) is 9.10 Å². The molecule has 1 heterocycles. The maximum Gasteiger partial charge on any atom is 0.264 e. The zero-order valence-corrected chi connectivity index (χ0v) is 16.8. The summed E-state index contributed by atoms with van der Waals surface area (Å²) in [6.07, 6.45) is 1.67. The van der Waals surface area contributed by atoms with E-state index in [2.05, 4.69) is 5.32 Å². The fraction of sp³-hybridized carbons (Fsp3) is 0.350. The minimum atomic E-state index is -4.19. The molecule has 1 fully saturated rings. The Bertz CT molecular complexity index is 944. The number of hydrogen-bond acceptors (Lipinski definition) is 5. The highest BCUT2D eigenvalue weighted by molar-refractivity contribution is 7.92. The van der Waals surface area contributed by atoms with Crippen molar-refractivity contribution in [3.8, 4) is 5.75 Å². The van der Waals surface area contributed by atoms with Gasteiger partial charge in [0, 0.05) is 13.2 Å². The molecule has 0 spiro atoms. The zero-order valence-electron chi connectivity index (χ0n) is 16.0. The van der Waals surface area contributed by atoms with Crippen molar-refractivity contribution in [3.63, 3.8) is 0 Å². The Morgan fingerprint density at radius 3 is 2.59 bits per heavy atom. The first kappa shape index (κ1) is 21.1. The maximum absolute atomic E-state index is 14.4. The van der Waals surface area contributed by atoms with Crippen LogP contribution in [0.5, 0.6) is 5.75 Å². The third-order valence-corrected chi connectivity index (χ3v) is 6.38. The number of carbonyl (C=O) groups is 1.